The lowest BCUT2D eigenvalue weighted by atomic mass is 9.96. The molecule has 0 fully saturated rings. The van der Waals surface area contributed by atoms with E-state index in [1.54, 1.807) is 0 Å². The second kappa shape index (κ2) is 3.85. The molecule has 0 saturated heterocycles. The van der Waals surface area contributed by atoms with E-state index in [0.29, 0.717) is 12.1 Å². The summed E-state index contributed by atoms with van der Waals surface area (Å²) < 4.78 is 55.5. The Balaban J connectivity index is 2.54. The molecule has 0 saturated carbocycles. The minimum atomic E-state index is -4.80. The van der Waals surface area contributed by atoms with Crippen molar-refractivity contribution in [3.63, 3.8) is 0 Å². The molecule has 1 aliphatic rings. The van der Waals surface area contributed by atoms with Crippen LogP contribution in [0.2, 0.25) is 0 Å². The van der Waals surface area contributed by atoms with Gasteiger partial charge in [-0.3, -0.25) is 0 Å². The molecular weight excluding hydrogens is 242 g/mol. The van der Waals surface area contributed by atoms with Crippen molar-refractivity contribution >= 4 is 0 Å². The van der Waals surface area contributed by atoms with E-state index in [2.05, 4.69) is 0 Å². The molecule has 0 aromatic heterocycles. The molecule has 1 heterocycles. The molecule has 17 heavy (non-hydrogen) atoms. The summed E-state index contributed by atoms with van der Waals surface area (Å²) in [6.07, 6.45) is -5.91. The van der Waals surface area contributed by atoms with Gasteiger partial charge < -0.3 is 15.6 Å². The summed E-state index contributed by atoms with van der Waals surface area (Å²) in [6, 6.07) is 0.210. The summed E-state index contributed by atoms with van der Waals surface area (Å²) in [5.41, 5.74) is 4.08. The van der Waals surface area contributed by atoms with E-state index >= 15 is 0 Å². The van der Waals surface area contributed by atoms with Crippen LogP contribution in [0.5, 0.6) is 5.75 Å². The van der Waals surface area contributed by atoms with Crippen LogP contribution in [0.3, 0.4) is 0 Å². The van der Waals surface area contributed by atoms with Gasteiger partial charge in [0.15, 0.2) is 0 Å². The van der Waals surface area contributed by atoms with Crippen LogP contribution in [0.15, 0.2) is 12.1 Å². The van der Waals surface area contributed by atoms with E-state index in [9.17, 15) is 22.7 Å². The summed E-state index contributed by atoms with van der Waals surface area (Å²) in [5.74, 6) is -1.48. The van der Waals surface area contributed by atoms with Crippen LogP contribution in [0.25, 0.3) is 0 Å². The van der Waals surface area contributed by atoms with Crippen LogP contribution in [0, 0.1) is 5.82 Å². The number of nitrogens with two attached hydrogens (primary N) is 1. The molecular formula is C10H9F4NO2. The fourth-order valence-corrected chi connectivity index (χ4v) is 1.66. The second-order valence-electron chi connectivity index (χ2n) is 3.77. The van der Waals surface area contributed by atoms with E-state index in [1.807, 2.05) is 0 Å². The van der Waals surface area contributed by atoms with Crippen molar-refractivity contribution in [1.82, 2.24) is 0 Å². The molecule has 0 amide bonds. The minimum absolute atomic E-state index is 0.0440. The first kappa shape index (κ1) is 12.1. The van der Waals surface area contributed by atoms with Gasteiger partial charge in [0.25, 0.3) is 0 Å². The largest absolute Gasteiger partial charge is 0.490 e. The van der Waals surface area contributed by atoms with Crippen LogP contribution < -0.4 is 10.5 Å². The number of alkyl halides is 3. The van der Waals surface area contributed by atoms with Crippen molar-refractivity contribution < 1.29 is 27.4 Å². The molecule has 1 aromatic rings. The molecule has 1 aliphatic heterocycles. The first-order chi connectivity index (χ1) is 7.80. The first-order valence-electron chi connectivity index (χ1n) is 4.78. The zero-order valence-electron chi connectivity index (χ0n) is 8.46. The Bertz CT molecular complexity index is 447. The average Bonchev–Trinajstić information content (AvgIpc) is 2.21. The highest BCUT2D eigenvalue weighted by Gasteiger charge is 2.37. The Kier molecular flexibility index (Phi) is 2.75. The summed E-state index contributed by atoms with van der Waals surface area (Å²) in [7, 11) is 0. The number of aliphatic hydroxyl groups is 1. The third kappa shape index (κ3) is 2.07. The Hall–Kier alpha value is -1.34. The smallest absolute Gasteiger partial charge is 0.419 e. The maximum atomic E-state index is 13.2. The number of fused-ring (bicyclic) bond motifs is 1. The number of aliphatic hydroxyl groups excluding tert-OH is 1. The van der Waals surface area contributed by atoms with Crippen LogP contribution in [0.4, 0.5) is 17.6 Å². The molecule has 7 heteroatoms. The van der Waals surface area contributed by atoms with Crippen molar-refractivity contribution in [2.24, 2.45) is 5.73 Å². The summed E-state index contributed by atoms with van der Waals surface area (Å²) in [4.78, 5) is 0. The molecule has 0 radical (unpaired) electrons. The number of rotatable bonds is 0. The highest BCUT2D eigenvalue weighted by Crippen LogP contribution is 2.38. The molecule has 3 nitrogen and oxygen atoms in total. The Morgan fingerprint density at radius 3 is 2.59 bits per heavy atom. The van der Waals surface area contributed by atoms with Crippen molar-refractivity contribution in [2.75, 3.05) is 6.61 Å². The van der Waals surface area contributed by atoms with Gasteiger partial charge in [-0.15, -0.1) is 0 Å². The van der Waals surface area contributed by atoms with Gasteiger partial charge in [-0.1, -0.05) is 0 Å². The molecule has 0 spiro atoms. The van der Waals surface area contributed by atoms with Gasteiger partial charge in [0.2, 0.25) is 0 Å². The number of halogens is 4. The van der Waals surface area contributed by atoms with Gasteiger partial charge in [-0.2, -0.15) is 13.2 Å². The van der Waals surface area contributed by atoms with Crippen molar-refractivity contribution in [2.45, 2.75) is 18.3 Å². The highest BCUT2D eigenvalue weighted by atomic mass is 19.4. The highest BCUT2D eigenvalue weighted by molar-refractivity contribution is 5.43. The fraction of sp³-hybridized carbons (Fsp3) is 0.400. The minimum Gasteiger partial charge on any atom is -0.490 e. The van der Waals surface area contributed by atoms with Crippen molar-refractivity contribution in [1.29, 1.82) is 0 Å². The lowest BCUT2D eigenvalue weighted by Gasteiger charge is -2.28. The Morgan fingerprint density at radius 2 is 2.00 bits per heavy atom. The Morgan fingerprint density at radius 1 is 1.35 bits per heavy atom. The zero-order valence-corrected chi connectivity index (χ0v) is 8.46. The fourth-order valence-electron chi connectivity index (χ4n) is 1.66. The summed E-state index contributed by atoms with van der Waals surface area (Å²) in [5, 5.41) is 9.36. The third-order valence-electron chi connectivity index (χ3n) is 2.59. The van der Waals surface area contributed by atoms with E-state index in [1.165, 1.54) is 0 Å². The van der Waals surface area contributed by atoms with E-state index in [0.717, 1.165) is 0 Å². The van der Waals surface area contributed by atoms with Gasteiger partial charge in [0.1, 0.15) is 24.3 Å². The molecule has 0 unspecified atom stereocenters. The van der Waals surface area contributed by atoms with Crippen LogP contribution in [0.1, 0.15) is 17.2 Å². The Labute approximate surface area is 93.8 Å². The molecule has 1 aromatic carbocycles. The van der Waals surface area contributed by atoms with Crippen LogP contribution in [-0.4, -0.2) is 17.8 Å². The lowest BCUT2D eigenvalue weighted by molar-refractivity contribution is -0.140. The average molecular weight is 251 g/mol. The normalized spacial score (nSPS) is 24.1. The number of ether oxygens (including phenoxy) is 1. The summed E-state index contributed by atoms with van der Waals surface area (Å²) >= 11 is 0. The van der Waals surface area contributed by atoms with Crippen molar-refractivity contribution in [3.05, 3.63) is 29.1 Å². The summed E-state index contributed by atoms with van der Waals surface area (Å²) in [6.45, 7) is -0.168. The molecule has 3 N–H and O–H groups in total. The van der Waals surface area contributed by atoms with Gasteiger partial charge in [0.05, 0.1) is 11.6 Å². The maximum absolute atomic E-state index is 13.2. The number of hydrogen-bond acceptors (Lipinski definition) is 3. The van der Waals surface area contributed by atoms with Gasteiger partial charge in [0, 0.05) is 11.6 Å². The lowest BCUT2D eigenvalue weighted by Crippen LogP contribution is -2.36. The molecule has 0 bridgehead atoms. The maximum Gasteiger partial charge on any atom is 0.419 e. The van der Waals surface area contributed by atoms with E-state index in [-0.39, 0.29) is 17.9 Å². The van der Waals surface area contributed by atoms with Gasteiger partial charge in [-0.05, 0) is 6.07 Å². The van der Waals surface area contributed by atoms with Gasteiger partial charge >= 0.3 is 6.18 Å². The van der Waals surface area contributed by atoms with Crippen molar-refractivity contribution in [3.8, 4) is 5.75 Å². The van der Waals surface area contributed by atoms with E-state index in [4.69, 9.17) is 10.5 Å². The number of hydrogen-bond donors (Lipinski definition) is 2. The predicted octanol–water partition coefficient (Wildman–Crippen LogP) is 1.60. The quantitative estimate of drug-likeness (QED) is 0.688. The topological polar surface area (TPSA) is 55.5 Å². The predicted molar refractivity (Wildman–Crippen MR) is 49.8 cm³/mol. The second-order valence-corrected chi connectivity index (χ2v) is 3.77. The molecule has 0 aliphatic carbocycles. The first-order valence-corrected chi connectivity index (χ1v) is 4.78. The number of benzene rings is 1. The third-order valence-corrected chi connectivity index (χ3v) is 2.59. The zero-order chi connectivity index (χ0) is 12.8. The molecule has 2 rings (SSSR count). The monoisotopic (exact) mass is 251 g/mol. The SMILES string of the molecule is N[C@H]1c2cc(C(F)(F)F)c(F)cc2OC[C@H]1O. The standard InChI is InChI=1S/C10H9F4NO2/c11-6-2-8-4(1-5(6)10(12,13)14)9(15)7(16)3-17-8/h1-2,7,9,16H,3,15H2/t7-,9+/m1/s1. The van der Waals surface area contributed by atoms with Crippen LogP contribution in [-0.2, 0) is 6.18 Å². The van der Waals surface area contributed by atoms with E-state index < -0.39 is 29.7 Å². The molecule has 2 atom stereocenters. The molecule has 94 valence electrons. The van der Waals surface area contributed by atoms with Gasteiger partial charge in [-0.25, -0.2) is 4.39 Å². The van der Waals surface area contributed by atoms with Crippen LogP contribution >= 0.6 is 0 Å².